The van der Waals surface area contributed by atoms with Crippen LogP contribution in [-0.4, -0.2) is 88.4 Å². The number of rotatable bonds is 5. The van der Waals surface area contributed by atoms with E-state index >= 15 is 0 Å². The van der Waals surface area contributed by atoms with Crippen LogP contribution in [0, 0.1) is 23.7 Å². The van der Waals surface area contributed by atoms with E-state index in [2.05, 4.69) is 5.16 Å². The second-order valence-corrected chi connectivity index (χ2v) is 11.0. The molecule has 0 saturated heterocycles. The van der Waals surface area contributed by atoms with Gasteiger partial charge in [-0.15, -0.1) is 0 Å². The lowest BCUT2D eigenvalue weighted by molar-refractivity contribution is -0.181. The third-order valence-corrected chi connectivity index (χ3v) is 8.68. The molecule has 0 heterocycles. The highest BCUT2D eigenvalue weighted by Crippen LogP contribution is 2.51. The molecule has 12 nitrogen and oxygen atoms in total. The van der Waals surface area contributed by atoms with Crippen LogP contribution in [0.1, 0.15) is 27.9 Å². The van der Waals surface area contributed by atoms with E-state index in [0.717, 1.165) is 0 Å². The van der Waals surface area contributed by atoms with E-state index < -0.39 is 64.4 Å². The first-order valence-electron chi connectivity index (χ1n) is 12.9. The third kappa shape index (κ3) is 3.97. The normalized spacial score (nSPS) is 29.3. The van der Waals surface area contributed by atoms with Gasteiger partial charge < -0.3 is 25.9 Å². The number of likely N-dealkylation sites (N-methyl/N-ethyl adjacent to an activating group) is 1. The lowest BCUT2D eigenvalue weighted by atomic mass is 9.52. The number of carbonyl (C=O) groups is 5. The molecule has 12 heteroatoms. The first-order chi connectivity index (χ1) is 19.4. The lowest BCUT2D eigenvalue weighted by Crippen LogP contribution is -2.74. The average molecular weight is 564 g/mol. The zero-order chi connectivity index (χ0) is 30.0. The summed E-state index contributed by atoms with van der Waals surface area (Å²) in [6.07, 6.45) is 1.25. The summed E-state index contributed by atoms with van der Waals surface area (Å²) in [6, 6.07) is 6.82. The number of hydrogen-bond acceptors (Lipinski definition) is 11. The van der Waals surface area contributed by atoms with Crippen LogP contribution < -0.4 is 10.5 Å². The molecule has 1 amide bonds. The standard InChI is InChI=1S/C29H29N3O9/c1-32(2)23-17-10-13-9-16-15(12-4-7-19(41-3)14(8-12)11-31-40)5-6-18(33)21(16)24(34)20(13)26(36)29(17,39)27(37)22(25(23)35)28(30)38/h4-8,11,13,17,20,22-23,33,39-40H,9-10H2,1-3H3,(H2,30,38)/b31-11+/t13-,17-,20?,22?,23-,29-/m0/s1. The number of carbonyl (C=O) groups excluding carboxylic acids is 5. The Bertz CT molecular complexity index is 1550. The van der Waals surface area contributed by atoms with Gasteiger partial charge in [-0.3, -0.25) is 28.9 Å². The van der Waals surface area contributed by atoms with E-state index in [9.17, 15) is 34.2 Å². The van der Waals surface area contributed by atoms with Gasteiger partial charge in [0.05, 0.1) is 30.8 Å². The Labute approximate surface area is 234 Å². The van der Waals surface area contributed by atoms with E-state index in [4.69, 9.17) is 15.7 Å². The molecule has 2 fully saturated rings. The Morgan fingerprint density at radius 2 is 1.85 bits per heavy atom. The summed E-state index contributed by atoms with van der Waals surface area (Å²) < 4.78 is 5.30. The molecule has 2 aromatic rings. The minimum atomic E-state index is -2.78. The van der Waals surface area contributed by atoms with Gasteiger partial charge in [0.1, 0.15) is 11.5 Å². The van der Waals surface area contributed by atoms with Gasteiger partial charge in [-0.1, -0.05) is 17.3 Å². The Morgan fingerprint density at radius 1 is 1.15 bits per heavy atom. The number of nitrogens with two attached hydrogens (primary N) is 1. The molecule has 2 saturated carbocycles. The van der Waals surface area contributed by atoms with Gasteiger partial charge in [0.2, 0.25) is 5.91 Å². The predicted octanol–water partition coefficient (Wildman–Crippen LogP) is 0.351. The van der Waals surface area contributed by atoms with E-state index in [1.54, 1.807) is 24.3 Å². The average Bonchev–Trinajstić information content (AvgIpc) is 2.90. The Hall–Kier alpha value is -4.42. The van der Waals surface area contributed by atoms with Crippen LogP contribution in [0.5, 0.6) is 11.5 Å². The molecule has 5 rings (SSSR count). The molecule has 2 aromatic carbocycles. The highest BCUT2D eigenvalue weighted by molar-refractivity contribution is 6.32. The van der Waals surface area contributed by atoms with Crippen molar-refractivity contribution in [3.8, 4) is 22.6 Å². The molecule has 0 radical (unpaired) electrons. The number of fused-ring (bicyclic) bond motifs is 3. The summed E-state index contributed by atoms with van der Waals surface area (Å²) in [4.78, 5) is 68.0. The molecule has 3 aliphatic rings. The van der Waals surface area contributed by atoms with Gasteiger partial charge in [0, 0.05) is 11.5 Å². The van der Waals surface area contributed by atoms with Crippen molar-refractivity contribution in [1.29, 1.82) is 0 Å². The number of amides is 1. The molecule has 0 spiro atoms. The quantitative estimate of drug-likeness (QED) is 0.170. The largest absolute Gasteiger partial charge is 0.507 e. The molecular formula is C29H29N3O9. The summed E-state index contributed by atoms with van der Waals surface area (Å²) in [5.41, 5.74) is 4.54. The fourth-order valence-electron chi connectivity index (χ4n) is 6.94. The molecule has 5 N–H and O–H groups in total. The number of nitrogens with zero attached hydrogens (tertiary/aromatic N) is 2. The number of Topliss-reactive ketones (excluding diaryl/α,β-unsaturated/α-hetero) is 4. The molecule has 214 valence electrons. The minimum absolute atomic E-state index is 0.0516. The van der Waals surface area contributed by atoms with Crippen molar-refractivity contribution < 1.29 is 44.1 Å². The second kappa shape index (κ2) is 9.89. The van der Waals surface area contributed by atoms with Crippen LogP contribution in [0.15, 0.2) is 35.5 Å². The van der Waals surface area contributed by atoms with Crippen molar-refractivity contribution in [2.24, 2.45) is 34.6 Å². The number of ketones is 4. The van der Waals surface area contributed by atoms with Crippen molar-refractivity contribution >= 4 is 35.3 Å². The number of oxime groups is 1. The summed E-state index contributed by atoms with van der Waals surface area (Å²) in [6.45, 7) is 0. The van der Waals surface area contributed by atoms with Crippen LogP contribution in [0.2, 0.25) is 0 Å². The van der Waals surface area contributed by atoms with Gasteiger partial charge in [-0.25, -0.2) is 0 Å². The number of benzene rings is 2. The summed E-state index contributed by atoms with van der Waals surface area (Å²) in [5.74, 6) is -10.6. The van der Waals surface area contributed by atoms with E-state index in [-0.39, 0.29) is 24.2 Å². The monoisotopic (exact) mass is 563 g/mol. The Kier molecular flexibility index (Phi) is 6.79. The van der Waals surface area contributed by atoms with Crippen molar-refractivity contribution in [1.82, 2.24) is 4.90 Å². The van der Waals surface area contributed by atoms with Crippen molar-refractivity contribution in [3.63, 3.8) is 0 Å². The van der Waals surface area contributed by atoms with Crippen LogP contribution in [0.4, 0.5) is 0 Å². The topological polar surface area (TPSA) is 197 Å². The third-order valence-electron chi connectivity index (χ3n) is 8.68. The number of aromatic hydroxyl groups is 1. The smallest absolute Gasteiger partial charge is 0.235 e. The zero-order valence-corrected chi connectivity index (χ0v) is 22.5. The minimum Gasteiger partial charge on any atom is -0.507 e. The molecule has 6 atom stereocenters. The number of phenolic OH excluding ortho intramolecular Hbond substituents is 1. The highest BCUT2D eigenvalue weighted by atomic mass is 16.5. The van der Waals surface area contributed by atoms with E-state index in [1.165, 1.54) is 38.4 Å². The Morgan fingerprint density at radius 3 is 2.46 bits per heavy atom. The number of methoxy groups -OCH3 is 1. The maximum Gasteiger partial charge on any atom is 0.235 e. The van der Waals surface area contributed by atoms with E-state index in [1.807, 2.05) is 0 Å². The molecule has 0 aromatic heterocycles. The second-order valence-electron chi connectivity index (χ2n) is 11.0. The van der Waals surface area contributed by atoms with Gasteiger partial charge in [0.25, 0.3) is 0 Å². The number of hydrogen-bond donors (Lipinski definition) is 4. The van der Waals surface area contributed by atoms with Crippen LogP contribution >= 0.6 is 0 Å². The fraction of sp³-hybridized carbons (Fsp3) is 0.379. The number of aliphatic hydroxyl groups is 1. The number of phenols is 1. The molecule has 0 bridgehead atoms. The van der Waals surface area contributed by atoms with Gasteiger partial charge in [-0.05, 0) is 67.7 Å². The van der Waals surface area contributed by atoms with Crippen molar-refractivity contribution in [2.45, 2.75) is 24.5 Å². The lowest BCUT2D eigenvalue weighted by Gasteiger charge is -2.52. The SMILES string of the molecule is COc1ccc(-c2ccc(O)c3c2C[C@H]2C[C@H]4[C@H](N(C)C)C(=O)C(C(N)=O)C(=O)[C@@]4(O)C(=O)C2C3=O)cc1/C=N/O. The zero-order valence-electron chi connectivity index (χ0n) is 22.5. The van der Waals surface area contributed by atoms with Gasteiger partial charge in [0.15, 0.2) is 34.7 Å². The van der Waals surface area contributed by atoms with E-state index in [0.29, 0.717) is 28.0 Å². The maximum atomic E-state index is 13.9. The van der Waals surface area contributed by atoms with Crippen LogP contribution in [-0.2, 0) is 25.6 Å². The van der Waals surface area contributed by atoms with Crippen molar-refractivity contribution in [3.05, 3.63) is 47.0 Å². The molecule has 41 heavy (non-hydrogen) atoms. The summed E-state index contributed by atoms with van der Waals surface area (Å²) in [5, 5.41) is 34.6. The first-order valence-corrected chi connectivity index (χ1v) is 12.9. The number of ether oxygens (including phenoxy) is 1. The molecule has 2 unspecified atom stereocenters. The van der Waals surface area contributed by atoms with Crippen LogP contribution in [0.25, 0.3) is 11.1 Å². The molecular weight excluding hydrogens is 534 g/mol. The maximum absolute atomic E-state index is 13.9. The van der Waals surface area contributed by atoms with Crippen molar-refractivity contribution in [2.75, 3.05) is 21.2 Å². The summed E-state index contributed by atoms with van der Waals surface area (Å²) >= 11 is 0. The first kappa shape index (κ1) is 28.1. The van der Waals surface area contributed by atoms with Gasteiger partial charge in [-0.2, -0.15) is 0 Å². The fourth-order valence-corrected chi connectivity index (χ4v) is 6.94. The predicted molar refractivity (Wildman–Crippen MR) is 143 cm³/mol. The van der Waals surface area contributed by atoms with Crippen LogP contribution in [0.3, 0.4) is 0 Å². The van der Waals surface area contributed by atoms with Gasteiger partial charge >= 0.3 is 0 Å². The highest BCUT2D eigenvalue weighted by Gasteiger charge is 2.69. The Balaban J connectivity index is 1.65. The molecule has 0 aliphatic heterocycles. The number of primary amides is 1. The molecule has 3 aliphatic carbocycles. The summed E-state index contributed by atoms with van der Waals surface area (Å²) in [7, 11) is 4.52.